The summed E-state index contributed by atoms with van der Waals surface area (Å²) < 4.78 is 6.82. The summed E-state index contributed by atoms with van der Waals surface area (Å²) in [4.78, 5) is 51.0. The molecule has 2 atom stereocenters. The number of carbonyl (C=O) groups excluding carboxylic acids is 2. The number of nitrogens with one attached hydrogen (secondary N) is 2. The minimum Gasteiger partial charge on any atom is -0.394 e. The number of hydrogen-bond donors (Lipinski definition) is 3. The van der Waals surface area contributed by atoms with E-state index in [1.54, 1.807) is 0 Å². The van der Waals surface area contributed by atoms with Gasteiger partial charge in [-0.05, 0) is 25.0 Å². The molecule has 0 bridgehead atoms. The lowest BCUT2D eigenvalue weighted by molar-refractivity contribution is -0.122. The molecule has 3 rings (SSSR count). The summed E-state index contributed by atoms with van der Waals surface area (Å²) in [6.45, 7) is -0.151. The Kier molecular flexibility index (Phi) is 8.44. The van der Waals surface area contributed by atoms with Gasteiger partial charge in [-0.25, -0.2) is 4.79 Å². The van der Waals surface area contributed by atoms with Gasteiger partial charge in [-0.15, -0.1) is 0 Å². The molecule has 168 valence electrons. The third-order valence-corrected chi connectivity index (χ3v) is 5.63. The molecular formula is C22H23N3O6S. The van der Waals surface area contributed by atoms with Crippen molar-refractivity contribution in [2.45, 2.75) is 42.9 Å². The van der Waals surface area contributed by atoms with Gasteiger partial charge < -0.3 is 15.2 Å². The van der Waals surface area contributed by atoms with Crippen LogP contribution in [0.15, 0.2) is 51.0 Å². The third kappa shape index (κ3) is 6.68. The lowest BCUT2D eigenvalue weighted by atomic mass is 10.2. The largest absolute Gasteiger partial charge is 0.394 e. The molecule has 1 amide bonds. The number of aromatic nitrogens is 2. The number of H-pyrrole nitrogens is 1. The molecule has 10 heteroatoms. The van der Waals surface area contributed by atoms with E-state index in [0.29, 0.717) is 12.8 Å². The molecule has 1 aliphatic heterocycles. The predicted molar refractivity (Wildman–Crippen MR) is 118 cm³/mol. The van der Waals surface area contributed by atoms with E-state index in [2.05, 4.69) is 22.1 Å². The van der Waals surface area contributed by atoms with Crippen LogP contribution >= 0.6 is 11.8 Å². The molecule has 0 radical (unpaired) electrons. The van der Waals surface area contributed by atoms with Crippen LogP contribution in [-0.4, -0.2) is 44.9 Å². The first-order valence-corrected chi connectivity index (χ1v) is 10.9. The van der Waals surface area contributed by atoms with E-state index in [-0.39, 0.29) is 48.7 Å². The van der Waals surface area contributed by atoms with Crippen molar-refractivity contribution in [2.24, 2.45) is 0 Å². The number of benzene rings is 1. The number of aromatic amines is 1. The highest BCUT2D eigenvalue weighted by molar-refractivity contribution is 8.13. The first-order chi connectivity index (χ1) is 15.5. The number of rotatable bonds is 7. The van der Waals surface area contributed by atoms with Crippen molar-refractivity contribution >= 4 is 22.8 Å². The molecule has 1 aliphatic rings. The molecule has 2 heterocycles. The SMILES string of the molecule is O=C(CCC(=O)Sc1ccccc1)NCC#Cc1cn([C@H]2CC[C@@H](CO)O2)c(=O)[nH]c1=O. The number of ether oxygens (including phenoxy) is 1. The zero-order chi connectivity index (χ0) is 22.9. The fraction of sp³-hybridized carbons (Fsp3) is 0.364. The Hall–Kier alpha value is -3.13. The van der Waals surface area contributed by atoms with Crippen LogP contribution in [0.3, 0.4) is 0 Å². The van der Waals surface area contributed by atoms with Crippen molar-refractivity contribution in [3.05, 3.63) is 62.9 Å². The zero-order valence-electron chi connectivity index (χ0n) is 17.2. The second-order valence-corrected chi connectivity index (χ2v) is 8.18. The normalized spacial score (nSPS) is 17.4. The standard InChI is InChI=1S/C22H23N3O6S/c26-14-16-8-10-19(31-16)25-13-15(21(29)24-22(25)30)5-4-12-23-18(27)9-11-20(28)32-17-6-2-1-3-7-17/h1-3,6-7,13,16,19,26H,8-12,14H2,(H,23,27)(H,24,29,30)/t16-,19+/m0/s1. The Morgan fingerprint density at radius 3 is 2.72 bits per heavy atom. The second kappa shape index (κ2) is 11.5. The molecule has 0 saturated carbocycles. The van der Waals surface area contributed by atoms with Crippen LogP contribution in [-0.2, 0) is 14.3 Å². The summed E-state index contributed by atoms with van der Waals surface area (Å²) in [7, 11) is 0. The van der Waals surface area contributed by atoms with Crippen LogP contribution in [0.25, 0.3) is 0 Å². The summed E-state index contributed by atoms with van der Waals surface area (Å²) in [5.41, 5.74) is -1.19. The molecule has 9 nitrogen and oxygen atoms in total. The Labute approximate surface area is 188 Å². The van der Waals surface area contributed by atoms with E-state index in [0.717, 1.165) is 16.7 Å². The summed E-state index contributed by atoms with van der Waals surface area (Å²) in [5.74, 6) is 4.98. The van der Waals surface area contributed by atoms with Crippen molar-refractivity contribution in [3.63, 3.8) is 0 Å². The summed E-state index contributed by atoms with van der Waals surface area (Å²) in [5, 5.41) is 11.6. The fourth-order valence-corrected chi connectivity index (χ4v) is 3.83. The van der Waals surface area contributed by atoms with Crippen molar-refractivity contribution in [1.29, 1.82) is 0 Å². The van der Waals surface area contributed by atoms with Crippen LogP contribution in [0.2, 0.25) is 0 Å². The lowest BCUT2D eigenvalue weighted by Crippen LogP contribution is -2.33. The topological polar surface area (TPSA) is 130 Å². The second-order valence-electron chi connectivity index (χ2n) is 7.05. The molecule has 2 aromatic rings. The van der Waals surface area contributed by atoms with E-state index in [4.69, 9.17) is 4.74 Å². The Morgan fingerprint density at radius 1 is 1.22 bits per heavy atom. The van der Waals surface area contributed by atoms with Gasteiger partial charge in [0.05, 0.1) is 19.3 Å². The van der Waals surface area contributed by atoms with Gasteiger partial charge in [-0.3, -0.25) is 23.9 Å². The molecule has 32 heavy (non-hydrogen) atoms. The number of aliphatic hydroxyl groups is 1. The number of carbonyl (C=O) groups is 2. The molecule has 0 unspecified atom stereocenters. The quantitative estimate of drug-likeness (QED) is 0.414. The van der Waals surface area contributed by atoms with E-state index in [1.807, 2.05) is 30.3 Å². The summed E-state index contributed by atoms with van der Waals surface area (Å²) in [6, 6.07) is 9.19. The highest BCUT2D eigenvalue weighted by Gasteiger charge is 2.27. The predicted octanol–water partition coefficient (Wildman–Crippen LogP) is 0.773. The first kappa shape index (κ1) is 23.5. The van der Waals surface area contributed by atoms with Crippen molar-refractivity contribution in [2.75, 3.05) is 13.2 Å². The Balaban J connectivity index is 1.50. The number of nitrogens with zero attached hydrogens (tertiary/aromatic N) is 1. The number of amides is 1. The fourth-order valence-electron chi connectivity index (χ4n) is 3.07. The molecule has 1 saturated heterocycles. The maximum absolute atomic E-state index is 12.1. The molecular weight excluding hydrogens is 434 g/mol. The molecule has 0 aliphatic carbocycles. The molecule has 1 fully saturated rings. The smallest absolute Gasteiger partial charge is 0.330 e. The average Bonchev–Trinajstić information content (AvgIpc) is 3.26. The summed E-state index contributed by atoms with van der Waals surface area (Å²) >= 11 is 1.09. The van der Waals surface area contributed by atoms with Crippen LogP contribution in [0, 0.1) is 11.8 Å². The zero-order valence-corrected chi connectivity index (χ0v) is 18.0. The maximum Gasteiger partial charge on any atom is 0.330 e. The van der Waals surface area contributed by atoms with E-state index < -0.39 is 17.5 Å². The van der Waals surface area contributed by atoms with Crippen LogP contribution < -0.4 is 16.6 Å². The van der Waals surface area contributed by atoms with Crippen LogP contribution in [0.5, 0.6) is 0 Å². The van der Waals surface area contributed by atoms with Gasteiger partial charge in [-0.2, -0.15) is 0 Å². The van der Waals surface area contributed by atoms with Crippen molar-refractivity contribution in [1.82, 2.24) is 14.9 Å². The van der Waals surface area contributed by atoms with Gasteiger partial charge in [0.25, 0.3) is 5.56 Å². The lowest BCUT2D eigenvalue weighted by Gasteiger charge is -2.14. The van der Waals surface area contributed by atoms with Crippen molar-refractivity contribution < 1.29 is 19.4 Å². The third-order valence-electron chi connectivity index (χ3n) is 4.69. The van der Waals surface area contributed by atoms with Gasteiger partial charge in [0.1, 0.15) is 11.8 Å². The number of hydrogen-bond acceptors (Lipinski definition) is 7. The number of thioether (sulfide) groups is 1. The van der Waals surface area contributed by atoms with Gasteiger partial charge in [0, 0.05) is 23.9 Å². The van der Waals surface area contributed by atoms with Gasteiger partial charge in [0.2, 0.25) is 5.91 Å². The Bertz CT molecular complexity index is 1130. The maximum atomic E-state index is 12.1. The van der Waals surface area contributed by atoms with Crippen LogP contribution in [0.1, 0.15) is 37.5 Å². The van der Waals surface area contributed by atoms with E-state index in [9.17, 15) is 24.3 Å². The summed E-state index contributed by atoms with van der Waals surface area (Å²) in [6.07, 6.45) is 1.66. The van der Waals surface area contributed by atoms with Crippen molar-refractivity contribution in [3.8, 4) is 11.8 Å². The number of aliphatic hydroxyl groups excluding tert-OH is 1. The monoisotopic (exact) mass is 457 g/mol. The van der Waals surface area contributed by atoms with E-state index in [1.165, 1.54) is 10.8 Å². The minimum atomic E-state index is -0.634. The molecule has 3 N–H and O–H groups in total. The van der Waals surface area contributed by atoms with Gasteiger partial charge in [-0.1, -0.05) is 41.8 Å². The Morgan fingerprint density at radius 2 is 2.00 bits per heavy atom. The molecule has 1 aromatic heterocycles. The highest BCUT2D eigenvalue weighted by atomic mass is 32.2. The van der Waals surface area contributed by atoms with Crippen LogP contribution in [0.4, 0.5) is 0 Å². The average molecular weight is 458 g/mol. The molecule has 0 spiro atoms. The first-order valence-electron chi connectivity index (χ1n) is 10.1. The highest BCUT2D eigenvalue weighted by Crippen LogP contribution is 2.26. The van der Waals surface area contributed by atoms with Gasteiger partial charge >= 0.3 is 5.69 Å². The van der Waals surface area contributed by atoms with Gasteiger partial charge in [0.15, 0.2) is 5.12 Å². The van der Waals surface area contributed by atoms with E-state index >= 15 is 0 Å². The molecule has 1 aromatic carbocycles. The minimum absolute atomic E-state index is 0.00999.